The first-order valence-electron chi connectivity index (χ1n) is 3.61. The van der Waals surface area contributed by atoms with Gasteiger partial charge in [-0.05, 0) is 25.0 Å². The number of aliphatic imine (C=N–C) groups is 1. The van der Waals surface area contributed by atoms with Gasteiger partial charge in [-0.25, -0.2) is 0 Å². The summed E-state index contributed by atoms with van der Waals surface area (Å²) >= 11 is 0. The molecule has 0 bridgehead atoms. The van der Waals surface area contributed by atoms with Gasteiger partial charge >= 0.3 is 0 Å². The fourth-order valence-electron chi connectivity index (χ4n) is 0.628. The van der Waals surface area contributed by atoms with Crippen molar-refractivity contribution in [2.75, 3.05) is 6.54 Å². The Bertz CT molecular complexity index is 76.6. The van der Waals surface area contributed by atoms with E-state index in [2.05, 4.69) is 32.5 Å². The quantitative estimate of drug-likeness (QED) is 0.514. The zero-order valence-electron chi connectivity index (χ0n) is 6.72. The summed E-state index contributed by atoms with van der Waals surface area (Å²) < 4.78 is 0. The van der Waals surface area contributed by atoms with Gasteiger partial charge in [0.15, 0.2) is 0 Å². The predicted molar refractivity (Wildman–Crippen MR) is 43.0 cm³/mol. The molecule has 1 atom stereocenters. The van der Waals surface area contributed by atoms with Crippen molar-refractivity contribution in [2.24, 2.45) is 16.8 Å². The first-order valence-corrected chi connectivity index (χ1v) is 3.61. The summed E-state index contributed by atoms with van der Waals surface area (Å²) in [6, 6.07) is 0. The lowest BCUT2D eigenvalue weighted by Gasteiger charge is -2.12. The number of rotatable bonds is 4. The number of nitrogens with zero attached hydrogens (tertiary/aromatic N) is 1. The second kappa shape index (κ2) is 4.54. The Hall–Kier alpha value is -0.330. The SMILES string of the molecule is C=NCCC(C)C(C)C. The summed E-state index contributed by atoms with van der Waals surface area (Å²) in [4.78, 5) is 3.81. The van der Waals surface area contributed by atoms with Crippen LogP contribution in [0.4, 0.5) is 0 Å². The second-order valence-electron chi connectivity index (χ2n) is 2.96. The van der Waals surface area contributed by atoms with Crippen molar-refractivity contribution in [1.29, 1.82) is 0 Å². The van der Waals surface area contributed by atoms with E-state index in [0.29, 0.717) is 0 Å². The summed E-state index contributed by atoms with van der Waals surface area (Å²) in [5.41, 5.74) is 0. The van der Waals surface area contributed by atoms with Gasteiger partial charge in [0.2, 0.25) is 0 Å². The molecule has 0 amide bonds. The molecule has 0 aromatic carbocycles. The Morgan fingerprint density at radius 3 is 2.22 bits per heavy atom. The average molecular weight is 127 g/mol. The minimum atomic E-state index is 0.784. The van der Waals surface area contributed by atoms with E-state index in [1.165, 1.54) is 6.42 Å². The van der Waals surface area contributed by atoms with Crippen LogP contribution in [0.2, 0.25) is 0 Å². The third-order valence-electron chi connectivity index (χ3n) is 1.88. The van der Waals surface area contributed by atoms with Gasteiger partial charge in [-0.1, -0.05) is 20.8 Å². The highest BCUT2D eigenvalue weighted by molar-refractivity contribution is 5.22. The first-order chi connectivity index (χ1) is 4.18. The smallest absolute Gasteiger partial charge is 0.0384 e. The highest BCUT2D eigenvalue weighted by atomic mass is 14.7. The highest BCUT2D eigenvalue weighted by Gasteiger charge is 2.04. The Morgan fingerprint density at radius 1 is 1.33 bits per heavy atom. The molecule has 0 radical (unpaired) electrons. The van der Waals surface area contributed by atoms with Crippen LogP contribution in [0.1, 0.15) is 27.2 Å². The van der Waals surface area contributed by atoms with Crippen LogP contribution >= 0.6 is 0 Å². The minimum Gasteiger partial charge on any atom is -0.301 e. The number of hydrogen-bond acceptors (Lipinski definition) is 1. The molecular formula is C8H17N. The van der Waals surface area contributed by atoms with Crippen LogP contribution < -0.4 is 0 Å². The van der Waals surface area contributed by atoms with Gasteiger partial charge in [-0.2, -0.15) is 0 Å². The normalized spacial score (nSPS) is 13.8. The van der Waals surface area contributed by atoms with Gasteiger partial charge in [-0.15, -0.1) is 0 Å². The van der Waals surface area contributed by atoms with E-state index >= 15 is 0 Å². The van der Waals surface area contributed by atoms with Crippen LogP contribution in [0, 0.1) is 11.8 Å². The van der Waals surface area contributed by atoms with Crippen LogP contribution in [0.5, 0.6) is 0 Å². The molecule has 0 aliphatic rings. The van der Waals surface area contributed by atoms with Gasteiger partial charge in [0.25, 0.3) is 0 Å². The Labute approximate surface area is 58.2 Å². The van der Waals surface area contributed by atoms with Crippen molar-refractivity contribution in [3.05, 3.63) is 0 Å². The lowest BCUT2D eigenvalue weighted by molar-refractivity contribution is 0.398. The van der Waals surface area contributed by atoms with Crippen LogP contribution in [0.3, 0.4) is 0 Å². The zero-order chi connectivity index (χ0) is 7.28. The fraction of sp³-hybridized carbons (Fsp3) is 0.875. The zero-order valence-corrected chi connectivity index (χ0v) is 6.72. The van der Waals surface area contributed by atoms with E-state index < -0.39 is 0 Å². The fourth-order valence-corrected chi connectivity index (χ4v) is 0.628. The monoisotopic (exact) mass is 127 g/mol. The van der Waals surface area contributed by atoms with Crippen LogP contribution in [-0.2, 0) is 0 Å². The first kappa shape index (κ1) is 8.67. The Morgan fingerprint density at radius 2 is 1.89 bits per heavy atom. The largest absolute Gasteiger partial charge is 0.301 e. The van der Waals surface area contributed by atoms with E-state index in [9.17, 15) is 0 Å². The predicted octanol–water partition coefficient (Wildman–Crippen LogP) is 2.37. The van der Waals surface area contributed by atoms with Crippen molar-refractivity contribution in [3.63, 3.8) is 0 Å². The molecule has 0 fully saturated rings. The van der Waals surface area contributed by atoms with Gasteiger partial charge in [-0.3, -0.25) is 0 Å². The van der Waals surface area contributed by atoms with E-state index in [1.54, 1.807) is 0 Å². The molecule has 0 aromatic rings. The lowest BCUT2D eigenvalue weighted by Crippen LogP contribution is -2.04. The van der Waals surface area contributed by atoms with E-state index in [4.69, 9.17) is 0 Å². The molecule has 0 heterocycles. The number of hydrogen-bond donors (Lipinski definition) is 0. The average Bonchev–Trinajstić information content (AvgIpc) is 1.82. The summed E-state index contributed by atoms with van der Waals surface area (Å²) in [7, 11) is 0. The van der Waals surface area contributed by atoms with Gasteiger partial charge < -0.3 is 4.99 Å². The molecule has 9 heavy (non-hydrogen) atoms. The van der Waals surface area contributed by atoms with Crippen LogP contribution in [0.15, 0.2) is 4.99 Å². The van der Waals surface area contributed by atoms with E-state index in [1.807, 2.05) is 0 Å². The molecule has 0 aliphatic heterocycles. The minimum absolute atomic E-state index is 0.784. The van der Waals surface area contributed by atoms with E-state index in [-0.39, 0.29) is 0 Å². The Balaban J connectivity index is 3.26. The molecule has 0 rings (SSSR count). The van der Waals surface area contributed by atoms with Crippen LogP contribution in [-0.4, -0.2) is 13.3 Å². The lowest BCUT2D eigenvalue weighted by atomic mass is 9.95. The molecule has 1 heteroatoms. The molecule has 0 saturated carbocycles. The van der Waals surface area contributed by atoms with Crippen molar-refractivity contribution in [1.82, 2.24) is 0 Å². The topological polar surface area (TPSA) is 12.4 Å². The maximum atomic E-state index is 3.81. The van der Waals surface area contributed by atoms with Crippen LogP contribution in [0.25, 0.3) is 0 Å². The maximum Gasteiger partial charge on any atom is 0.0384 e. The standard InChI is InChI=1S/C8H17N/c1-7(2)8(3)5-6-9-4/h7-8H,4-6H2,1-3H3. The van der Waals surface area contributed by atoms with Crippen molar-refractivity contribution in [3.8, 4) is 0 Å². The highest BCUT2D eigenvalue weighted by Crippen LogP contribution is 2.12. The molecule has 1 unspecified atom stereocenters. The van der Waals surface area contributed by atoms with Gasteiger partial charge in [0.05, 0.1) is 0 Å². The van der Waals surface area contributed by atoms with Crippen molar-refractivity contribution < 1.29 is 0 Å². The molecule has 0 saturated heterocycles. The van der Waals surface area contributed by atoms with Crippen molar-refractivity contribution in [2.45, 2.75) is 27.2 Å². The molecule has 0 aliphatic carbocycles. The summed E-state index contributed by atoms with van der Waals surface area (Å²) in [6.07, 6.45) is 1.18. The molecule has 0 N–H and O–H groups in total. The molecule has 0 aromatic heterocycles. The van der Waals surface area contributed by atoms with Gasteiger partial charge in [0.1, 0.15) is 0 Å². The van der Waals surface area contributed by atoms with Crippen molar-refractivity contribution >= 4 is 6.72 Å². The molecular weight excluding hydrogens is 110 g/mol. The van der Waals surface area contributed by atoms with E-state index in [0.717, 1.165) is 18.4 Å². The molecule has 1 nitrogen and oxygen atoms in total. The summed E-state index contributed by atoms with van der Waals surface area (Å²) in [6.45, 7) is 11.1. The Kier molecular flexibility index (Phi) is 4.37. The molecule has 54 valence electrons. The maximum absolute atomic E-state index is 3.81. The summed E-state index contributed by atoms with van der Waals surface area (Å²) in [5, 5.41) is 0. The van der Waals surface area contributed by atoms with Gasteiger partial charge in [0, 0.05) is 6.54 Å². The summed E-state index contributed by atoms with van der Waals surface area (Å²) in [5.74, 6) is 1.57. The third kappa shape index (κ3) is 4.19. The third-order valence-corrected chi connectivity index (χ3v) is 1.88. The second-order valence-corrected chi connectivity index (χ2v) is 2.96. The molecule has 0 spiro atoms.